The second-order valence-corrected chi connectivity index (χ2v) is 10.4. The van der Waals surface area contributed by atoms with E-state index >= 15 is 0 Å². The highest BCUT2D eigenvalue weighted by Gasteiger charge is 2.68. The Hall–Kier alpha value is -1.66. The number of fused-ring (bicyclic) bond motifs is 5. The number of esters is 1. The van der Waals surface area contributed by atoms with Crippen LogP contribution in [0.25, 0.3) is 0 Å². The SMILES string of the molecule is CCOC1=CC2=CC[C@@H]3[C@H]([C@H](O)C[C@]4(C)[C@H]3CC[C@]4(O)C(=O)COC(C)=O)[C@]2(C)CC1. The summed E-state index contributed by atoms with van der Waals surface area (Å²) < 4.78 is 10.7. The molecule has 2 saturated carbocycles. The molecule has 0 aromatic carbocycles. The summed E-state index contributed by atoms with van der Waals surface area (Å²) in [5, 5.41) is 23.0. The predicted molar refractivity (Wildman–Crippen MR) is 115 cm³/mol. The van der Waals surface area contributed by atoms with E-state index in [-0.39, 0.29) is 23.2 Å². The Morgan fingerprint density at radius 2 is 2.00 bits per heavy atom. The van der Waals surface area contributed by atoms with E-state index in [1.165, 1.54) is 12.5 Å². The summed E-state index contributed by atoms with van der Waals surface area (Å²) in [6, 6.07) is 0. The van der Waals surface area contributed by atoms with Crippen LogP contribution in [-0.4, -0.2) is 46.9 Å². The molecule has 2 N–H and O–H groups in total. The number of aliphatic hydroxyl groups is 2. The number of carbonyl (C=O) groups is 2. The highest BCUT2D eigenvalue weighted by molar-refractivity contribution is 5.91. The van der Waals surface area contributed by atoms with Crippen LogP contribution >= 0.6 is 0 Å². The van der Waals surface area contributed by atoms with Gasteiger partial charge in [0, 0.05) is 18.8 Å². The number of hydrogen-bond donors (Lipinski definition) is 2. The maximum atomic E-state index is 12.9. The third-order valence-electron chi connectivity index (χ3n) is 9.02. The first-order valence-corrected chi connectivity index (χ1v) is 11.7. The Bertz CT molecular complexity index is 830. The van der Waals surface area contributed by atoms with Gasteiger partial charge in [-0.15, -0.1) is 0 Å². The second kappa shape index (κ2) is 7.73. The minimum atomic E-state index is -1.57. The van der Waals surface area contributed by atoms with Crippen LogP contribution in [0, 0.1) is 28.6 Å². The first-order valence-electron chi connectivity index (χ1n) is 11.7. The molecule has 6 nitrogen and oxygen atoms in total. The van der Waals surface area contributed by atoms with E-state index in [9.17, 15) is 19.8 Å². The van der Waals surface area contributed by atoms with Crippen molar-refractivity contribution < 1.29 is 29.3 Å². The third-order valence-corrected chi connectivity index (χ3v) is 9.02. The van der Waals surface area contributed by atoms with Crippen LogP contribution in [0.5, 0.6) is 0 Å². The van der Waals surface area contributed by atoms with Gasteiger partial charge in [-0.25, -0.2) is 0 Å². The summed E-state index contributed by atoms with van der Waals surface area (Å²) in [5.41, 5.74) is -1.18. The van der Waals surface area contributed by atoms with Gasteiger partial charge < -0.3 is 19.7 Å². The fourth-order valence-electron chi connectivity index (χ4n) is 7.48. The van der Waals surface area contributed by atoms with Crippen LogP contribution in [0.2, 0.25) is 0 Å². The van der Waals surface area contributed by atoms with Gasteiger partial charge in [-0.3, -0.25) is 9.59 Å². The molecule has 0 radical (unpaired) electrons. The van der Waals surface area contributed by atoms with Crippen LogP contribution in [0.3, 0.4) is 0 Å². The summed E-state index contributed by atoms with van der Waals surface area (Å²) in [4.78, 5) is 24.1. The first kappa shape index (κ1) is 22.5. The van der Waals surface area contributed by atoms with Crippen molar-refractivity contribution in [2.75, 3.05) is 13.2 Å². The molecule has 0 aromatic heterocycles. The number of rotatable bonds is 5. The molecule has 4 rings (SSSR count). The van der Waals surface area contributed by atoms with Gasteiger partial charge in [-0.1, -0.05) is 19.9 Å². The zero-order chi connectivity index (χ0) is 22.6. The molecule has 4 aliphatic rings. The largest absolute Gasteiger partial charge is 0.498 e. The van der Waals surface area contributed by atoms with Gasteiger partial charge in [0.05, 0.1) is 18.5 Å². The summed E-state index contributed by atoms with van der Waals surface area (Å²) in [6.07, 6.45) is 7.95. The van der Waals surface area contributed by atoms with E-state index < -0.39 is 35.5 Å². The van der Waals surface area contributed by atoms with E-state index in [0.717, 1.165) is 31.4 Å². The lowest BCUT2D eigenvalue weighted by Crippen LogP contribution is -2.61. The molecule has 0 unspecified atom stereocenters. The molecule has 0 spiro atoms. The predicted octanol–water partition coefficient (Wildman–Crippen LogP) is 3.31. The monoisotopic (exact) mass is 432 g/mol. The molecule has 0 saturated heterocycles. The van der Waals surface area contributed by atoms with E-state index in [0.29, 0.717) is 19.4 Å². The molecule has 4 aliphatic carbocycles. The van der Waals surface area contributed by atoms with Crippen LogP contribution < -0.4 is 0 Å². The summed E-state index contributed by atoms with van der Waals surface area (Å²) in [5.74, 6) is 0.481. The summed E-state index contributed by atoms with van der Waals surface area (Å²) >= 11 is 0. The van der Waals surface area contributed by atoms with Crippen molar-refractivity contribution in [3.8, 4) is 0 Å². The highest BCUT2D eigenvalue weighted by Crippen LogP contribution is 2.67. The lowest BCUT2D eigenvalue weighted by atomic mass is 9.46. The number of Topliss-reactive ketones (excluding diaryl/α,β-unsaturated/α-hetero) is 1. The lowest BCUT2D eigenvalue weighted by Gasteiger charge is -2.59. The van der Waals surface area contributed by atoms with E-state index in [4.69, 9.17) is 9.47 Å². The zero-order valence-corrected chi connectivity index (χ0v) is 19.1. The van der Waals surface area contributed by atoms with Crippen molar-refractivity contribution in [1.82, 2.24) is 0 Å². The van der Waals surface area contributed by atoms with Crippen molar-refractivity contribution in [1.29, 1.82) is 0 Å². The van der Waals surface area contributed by atoms with E-state index in [1.54, 1.807) is 0 Å². The van der Waals surface area contributed by atoms with Crippen LogP contribution in [-0.2, 0) is 19.1 Å². The average molecular weight is 433 g/mol. The quantitative estimate of drug-likeness (QED) is 0.648. The van der Waals surface area contributed by atoms with Gasteiger partial charge >= 0.3 is 5.97 Å². The Labute approximate surface area is 184 Å². The normalized spacial score (nSPS) is 43.7. The Morgan fingerprint density at radius 3 is 2.68 bits per heavy atom. The number of allylic oxidation sites excluding steroid dienone is 4. The molecular formula is C25H36O6. The van der Waals surface area contributed by atoms with Crippen molar-refractivity contribution in [2.45, 2.75) is 77.9 Å². The van der Waals surface area contributed by atoms with E-state index in [2.05, 4.69) is 19.1 Å². The topological polar surface area (TPSA) is 93.1 Å². The van der Waals surface area contributed by atoms with Crippen LogP contribution in [0.15, 0.2) is 23.5 Å². The second-order valence-electron chi connectivity index (χ2n) is 10.4. The number of ether oxygens (including phenoxy) is 2. The molecule has 172 valence electrons. The molecule has 0 aromatic rings. The number of ketones is 1. The molecule has 31 heavy (non-hydrogen) atoms. The zero-order valence-electron chi connectivity index (χ0n) is 19.1. The van der Waals surface area contributed by atoms with E-state index in [1.807, 2.05) is 13.8 Å². The summed E-state index contributed by atoms with van der Waals surface area (Å²) in [7, 11) is 0. The standard InChI is InChI=1S/C25H36O6/c1-5-30-17-8-10-23(3)16(12-17)6-7-18-19-9-11-25(29,21(28)14-31-15(2)26)24(19,4)13-20(27)22(18)23/h6,12,18-20,22,27,29H,5,7-11,13-14H2,1-4H3/t18-,19-,20+,22+,23+,24+,25-/m0/s1. The molecule has 0 heterocycles. The van der Waals surface area contributed by atoms with Crippen LogP contribution in [0.4, 0.5) is 0 Å². The molecule has 0 bridgehead atoms. The van der Waals surface area contributed by atoms with Gasteiger partial charge in [0.25, 0.3) is 0 Å². The lowest BCUT2D eigenvalue weighted by molar-refractivity contribution is -0.181. The number of aliphatic hydroxyl groups excluding tert-OH is 1. The minimum absolute atomic E-state index is 0.0934. The van der Waals surface area contributed by atoms with Gasteiger partial charge in [-0.2, -0.15) is 0 Å². The van der Waals surface area contributed by atoms with Crippen molar-refractivity contribution in [3.63, 3.8) is 0 Å². The number of carbonyl (C=O) groups excluding carboxylic acids is 2. The molecule has 6 heteroatoms. The molecule has 2 fully saturated rings. The minimum Gasteiger partial charge on any atom is -0.498 e. The third kappa shape index (κ3) is 3.29. The Balaban J connectivity index is 1.65. The molecule has 7 atom stereocenters. The van der Waals surface area contributed by atoms with Gasteiger partial charge in [0.1, 0.15) is 5.60 Å². The molecule has 0 aliphatic heterocycles. The van der Waals surface area contributed by atoms with Crippen molar-refractivity contribution in [3.05, 3.63) is 23.5 Å². The molecular weight excluding hydrogens is 396 g/mol. The van der Waals surface area contributed by atoms with Crippen molar-refractivity contribution in [2.24, 2.45) is 28.6 Å². The number of hydrogen-bond acceptors (Lipinski definition) is 6. The average Bonchev–Trinajstić information content (AvgIpc) is 2.98. The smallest absolute Gasteiger partial charge is 0.303 e. The highest BCUT2D eigenvalue weighted by atomic mass is 16.5. The maximum Gasteiger partial charge on any atom is 0.303 e. The Morgan fingerprint density at radius 1 is 1.26 bits per heavy atom. The fraction of sp³-hybridized carbons (Fsp3) is 0.760. The van der Waals surface area contributed by atoms with Gasteiger partial charge in [0.2, 0.25) is 5.78 Å². The maximum absolute atomic E-state index is 12.9. The van der Waals surface area contributed by atoms with Crippen molar-refractivity contribution >= 4 is 11.8 Å². The fourth-order valence-corrected chi connectivity index (χ4v) is 7.48. The van der Waals surface area contributed by atoms with Crippen LogP contribution in [0.1, 0.15) is 66.2 Å². The summed E-state index contributed by atoms with van der Waals surface area (Å²) in [6.45, 7) is 7.71. The first-order chi connectivity index (χ1) is 14.6. The molecule has 0 amide bonds. The van der Waals surface area contributed by atoms with Gasteiger partial charge in [0.15, 0.2) is 6.61 Å². The van der Waals surface area contributed by atoms with Gasteiger partial charge in [-0.05, 0) is 73.8 Å². The Kier molecular flexibility index (Phi) is 5.62.